The Morgan fingerprint density at radius 2 is 2.18 bits per heavy atom. The Hall–Kier alpha value is -0.440. The molecule has 0 unspecified atom stereocenters. The van der Waals surface area contributed by atoms with E-state index in [1.807, 2.05) is 0 Å². The second-order valence-corrected chi connectivity index (χ2v) is 5.07. The first kappa shape index (κ1) is 7.22. The number of rotatable bonds is 0. The highest BCUT2D eigenvalue weighted by Crippen LogP contribution is 2.24. The van der Waals surface area contributed by atoms with Gasteiger partial charge in [-0.05, 0) is 28.1 Å². The van der Waals surface area contributed by atoms with E-state index in [4.69, 9.17) is 0 Å². The molecule has 0 saturated heterocycles. The van der Waals surface area contributed by atoms with Crippen molar-refractivity contribution in [1.82, 2.24) is 0 Å². The lowest BCUT2D eigenvalue weighted by molar-refractivity contribution is 1.42. The molecule has 1 aliphatic heterocycles. The van der Waals surface area contributed by atoms with Gasteiger partial charge < -0.3 is 0 Å². The van der Waals surface area contributed by atoms with Crippen LogP contribution >= 0.6 is 20.7 Å². The molecule has 0 spiro atoms. The normalized spacial score (nSPS) is 13.9. The van der Waals surface area contributed by atoms with E-state index in [1.54, 1.807) is 3.57 Å². The molecule has 0 N–H and O–H groups in total. The topological polar surface area (TPSA) is 0 Å². The molecule has 0 fully saturated rings. The molecule has 0 saturated carbocycles. The molecule has 1 heteroatoms. The van der Waals surface area contributed by atoms with Gasteiger partial charge >= 0.3 is 0 Å². The summed E-state index contributed by atoms with van der Waals surface area (Å²) in [4.78, 5) is 0. The summed E-state index contributed by atoms with van der Waals surface area (Å²) >= 11 is 0.166. The van der Waals surface area contributed by atoms with Crippen molar-refractivity contribution in [3.05, 3.63) is 39.0 Å². The standard InChI is InChI=1S/C10H9I/c1-8-4-2-6-10-9(8)5-3-7-11-10/h2-7H,1H3. The largest absolute Gasteiger partial charge is 0.0850 e. The van der Waals surface area contributed by atoms with Gasteiger partial charge in [-0.15, -0.1) is 0 Å². The lowest BCUT2D eigenvalue weighted by Crippen LogP contribution is -1.88. The minimum Gasteiger partial charge on any atom is -0.0850 e. The van der Waals surface area contributed by atoms with E-state index >= 15 is 0 Å². The molecule has 2 rings (SSSR count). The van der Waals surface area contributed by atoms with Crippen LogP contribution < -0.4 is 0 Å². The molecular weight excluding hydrogens is 247 g/mol. The van der Waals surface area contributed by atoms with Gasteiger partial charge in [0.25, 0.3) is 0 Å². The molecule has 1 aromatic rings. The molecule has 1 aliphatic rings. The number of fused-ring (bicyclic) bond motifs is 1. The van der Waals surface area contributed by atoms with Crippen LogP contribution in [0.15, 0.2) is 24.3 Å². The Bertz CT molecular complexity index is 335. The Morgan fingerprint density at radius 3 is 3.00 bits per heavy atom. The SMILES string of the molecule is Cc1cccc2c1C=CC=I2. The predicted molar refractivity (Wildman–Crippen MR) is 59.0 cm³/mol. The predicted octanol–water partition coefficient (Wildman–Crippen LogP) is 2.96. The van der Waals surface area contributed by atoms with Crippen molar-refractivity contribution in [2.75, 3.05) is 0 Å². The van der Waals surface area contributed by atoms with Crippen LogP contribution in [0, 0.1) is 10.5 Å². The lowest BCUT2D eigenvalue weighted by atomic mass is 10.1. The zero-order valence-electron chi connectivity index (χ0n) is 6.34. The van der Waals surface area contributed by atoms with Gasteiger partial charge in [-0.1, -0.05) is 45.0 Å². The van der Waals surface area contributed by atoms with Crippen molar-refractivity contribution in [2.24, 2.45) is 0 Å². The third-order valence-corrected chi connectivity index (χ3v) is 4.17. The third kappa shape index (κ3) is 1.29. The summed E-state index contributed by atoms with van der Waals surface area (Å²) < 4.78 is 3.87. The van der Waals surface area contributed by atoms with Gasteiger partial charge in [0.05, 0.1) is 0 Å². The van der Waals surface area contributed by atoms with Crippen LogP contribution in [0.3, 0.4) is 0 Å². The molecule has 0 bridgehead atoms. The summed E-state index contributed by atoms with van der Waals surface area (Å²) in [5, 5.41) is 0. The fraction of sp³-hybridized carbons (Fsp3) is 0.100. The van der Waals surface area contributed by atoms with E-state index in [1.165, 1.54) is 11.1 Å². The van der Waals surface area contributed by atoms with E-state index in [-0.39, 0.29) is 20.7 Å². The third-order valence-electron chi connectivity index (χ3n) is 1.79. The van der Waals surface area contributed by atoms with Crippen molar-refractivity contribution < 1.29 is 0 Å². The minimum atomic E-state index is 0.166. The summed E-state index contributed by atoms with van der Waals surface area (Å²) in [6.45, 7) is 2.18. The van der Waals surface area contributed by atoms with Crippen molar-refractivity contribution in [1.29, 1.82) is 0 Å². The van der Waals surface area contributed by atoms with E-state index in [2.05, 4.69) is 41.3 Å². The average Bonchev–Trinajstić information content (AvgIpc) is 2.06. The van der Waals surface area contributed by atoms with Gasteiger partial charge in [-0.3, -0.25) is 0 Å². The smallest absolute Gasteiger partial charge is 0.0152 e. The fourth-order valence-electron chi connectivity index (χ4n) is 1.19. The quantitative estimate of drug-likeness (QED) is 0.626. The molecule has 11 heavy (non-hydrogen) atoms. The first-order chi connectivity index (χ1) is 5.38. The van der Waals surface area contributed by atoms with Crippen LogP contribution in [-0.2, 0) is 0 Å². The van der Waals surface area contributed by atoms with E-state index in [0.29, 0.717) is 0 Å². The Kier molecular flexibility index (Phi) is 1.90. The van der Waals surface area contributed by atoms with Gasteiger partial charge in [-0.25, -0.2) is 0 Å². The highest BCUT2D eigenvalue weighted by atomic mass is 127. The number of hydrogen-bond acceptors (Lipinski definition) is 0. The maximum Gasteiger partial charge on any atom is 0.0152 e. The van der Waals surface area contributed by atoms with Gasteiger partial charge in [0.2, 0.25) is 0 Å². The van der Waals surface area contributed by atoms with E-state index < -0.39 is 0 Å². The molecule has 0 atom stereocenters. The number of hydrogen-bond donors (Lipinski definition) is 0. The highest BCUT2D eigenvalue weighted by Gasteiger charge is 2.00. The number of allylic oxidation sites excluding steroid dienone is 1. The minimum absolute atomic E-state index is 0.166. The summed E-state index contributed by atoms with van der Waals surface area (Å²) in [6, 6.07) is 6.58. The van der Waals surface area contributed by atoms with Crippen molar-refractivity contribution >= 4 is 30.8 Å². The molecule has 56 valence electrons. The summed E-state index contributed by atoms with van der Waals surface area (Å²) in [5.74, 6) is 0. The van der Waals surface area contributed by atoms with Gasteiger partial charge in [-0.2, -0.15) is 0 Å². The Morgan fingerprint density at radius 1 is 1.27 bits per heavy atom. The van der Waals surface area contributed by atoms with Crippen molar-refractivity contribution in [2.45, 2.75) is 6.92 Å². The molecule has 1 aromatic carbocycles. The Labute approximate surface area is 76.7 Å². The second kappa shape index (κ2) is 2.89. The van der Waals surface area contributed by atoms with Crippen LogP contribution in [0.2, 0.25) is 0 Å². The molecule has 0 radical (unpaired) electrons. The van der Waals surface area contributed by atoms with E-state index in [9.17, 15) is 0 Å². The lowest BCUT2D eigenvalue weighted by Gasteiger charge is -2.06. The average molecular weight is 256 g/mol. The maximum atomic E-state index is 2.31. The van der Waals surface area contributed by atoms with Crippen LogP contribution in [-0.4, -0.2) is 4.01 Å². The highest BCUT2D eigenvalue weighted by molar-refractivity contribution is 14.2. The Balaban J connectivity index is 2.70. The van der Waals surface area contributed by atoms with E-state index in [0.717, 1.165) is 0 Å². The van der Waals surface area contributed by atoms with Crippen molar-refractivity contribution in [3.8, 4) is 0 Å². The maximum absolute atomic E-state index is 2.31. The van der Waals surface area contributed by atoms with Crippen LogP contribution in [0.5, 0.6) is 0 Å². The van der Waals surface area contributed by atoms with Crippen LogP contribution in [0.1, 0.15) is 11.1 Å². The van der Waals surface area contributed by atoms with Gasteiger partial charge in [0.1, 0.15) is 0 Å². The van der Waals surface area contributed by atoms with Crippen LogP contribution in [0.25, 0.3) is 6.08 Å². The van der Waals surface area contributed by atoms with Crippen LogP contribution in [0.4, 0.5) is 0 Å². The molecular formula is C10H9I. The number of benzene rings is 1. The summed E-state index contributed by atoms with van der Waals surface area (Å²) in [6.07, 6.45) is 4.40. The zero-order chi connectivity index (χ0) is 7.68. The molecule has 1 heterocycles. The monoisotopic (exact) mass is 256 g/mol. The van der Waals surface area contributed by atoms with Gasteiger partial charge in [0.15, 0.2) is 0 Å². The first-order valence-corrected chi connectivity index (χ1v) is 5.93. The molecule has 0 aromatic heterocycles. The second-order valence-electron chi connectivity index (χ2n) is 2.56. The fourth-order valence-corrected chi connectivity index (χ4v) is 3.35. The van der Waals surface area contributed by atoms with Crippen molar-refractivity contribution in [3.63, 3.8) is 0 Å². The zero-order valence-corrected chi connectivity index (χ0v) is 8.50. The molecule has 0 amide bonds. The van der Waals surface area contributed by atoms with Gasteiger partial charge in [0, 0.05) is 3.57 Å². The number of halogens is 1. The summed E-state index contributed by atoms with van der Waals surface area (Å²) in [7, 11) is 0. The summed E-state index contributed by atoms with van der Waals surface area (Å²) in [5.41, 5.74) is 2.87. The molecule has 0 nitrogen and oxygen atoms in total. The molecule has 0 aliphatic carbocycles. The number of aryl methyl sites for hydroxylation is 1. The first-order valence-electron chi connectivity index (χ1n) is 3.61.